The second-order valence-corrected chi connectivity index (χ2v) is 7.62. The highest BCUT2D eigenvalue weighted by Gasteiger charge is 2.25. The van der Waals surface area contributed by atoms with Crippen molar-refractivity contribution in [2.24, 2.45) is 0 Å². The van der Waals surface area contributed by atoms with Crippen molar-refractivity contribution in [3.05, 3.63) is 81.8 Å². The molecule has 0 saturated heterocycles. The van der Waals surface area contributed by atoms with Crippen LogP contribution in [0.5, 0.6) is 0 Å². The number of para-hydroxylation sites is 1. The second-order valence-electron chi connectivity index (χ2n) is 6.15. The van der Waals surface area contributed by atoms with Gasteiger partial charge in [0.15, 0.2) is 5.03 Å². The summed E-state index contributed by atoms with van der Waals surface area (Å²) in [6, 6.07) is 14.8. The van der Waals surface area contributed by atoms with E-state index in [1.807, 2.05) is 43.3 Å². The Hall–Kier alpha value is -3.23. The van der Waals surface area contributed by atoms with E-state index in [9.17, 15) is 10.1 Å². The van der Waals surface area contributed by atoms with Crippen LogP contribution in [0.15, 0.2) is 71.0 Å². The molecule has 0 unspecified atom stereocenters. The largest absolute Gasteiger partial charge is 0.343 e. The van der Waals surface area contributed by atoms with Crippen LogP contribution in [0.25, 0.3) is 10.9 Å². The Bertz CT molecular complexity index is 1230. The molecule has 9 heteroatoms. The summed E-state index contributed by atoms with van der Waals surface area (Å²) in [5.74, 6) is 0.103. The van der Waals surface area contributed by atoms with E-state index in [0.29, 0.717) is 10.7 Å². The molecule has 0 radical (unpaired) electrons. The summed E-state index contributed by atoms with van der Waals surface area (Å²) in [6.07, 6.45) is 2.99. The van der Waals surface area contributed by atoms with Gasteiger partial charge in [0.25, 0.3) is 0 Å². The van der Waals surface area contributed by atoms with Crippen LogP contribution in [-0.4, -0.2) is 19.9 Å². The van der Waals surface area contributed by atoms with Crippen LogP contribution in [0, 0.1) is 17.0 Å². The quantitative estimate of drug-likeness (QED) is 0.246. The molecule has 0 fully saturated rings. The number of nitrogens with one attached hydrogen (secondary N) is 1. The van der Waals surface area contributed by atoms with E-state index in [1.165, 1.54) is 18.1 Å². The predicted molar refractivity (Wildman–Crippen MR) is 114 cm³/mol. The van der Waals surface area contributed by atoms with Gasteiger partial charge in [0.05, 0.1) is 10.4 Å². The molecular formula is C20H14ClN5O2S. The van der Waals surface area contributed by atoms with Gasteiger partial charge in [-0.05, 0) is 36.8 Å². The molecule has 0 spiro atoms. The van der Waals surface area contributed by atoms with Gasteiger partial charge in [0.2, 0.25) is 5.82 Å². The minimum absolute atomic E-state index is 0.103. The molecule has 1 N–H and O–H groups in total. The van der Waals surface area contributed by atoms with Crippen LogP contribution in [-0.2, 0) is 0 Å². The molecule has 0 atom stereocenters. The maximum Gasteiger partial charge on any atom is 0.343 e. The van der Waals surface area contributed by atoms with Crippen molar-refractivity contribution >= 4 is 51.5 Å². The van der Waals surface area contributed by atoms with Crippen molar-refractivity contribution in [2.45, 2.75) is 16.8 Å². The summed E-state index contributed by atoms with van der Waals surface area (Å²) in [6.45, 7) is 1.88. The number of aromatic nitrogens is 3. The zero-order valence-electron chi connectivity index (χ0n) is 15.2. The lowest BCUT2D eigenvalue weighted by Crippen LogP contribution is -2.03. The summed E-state index contributed by atoms with van der Waals surface area (Å²) >= 11 is 7.24. The van der Waals surface area contributed by atoms with E-state index < -0.39 is 4.92 Å². The van der Waals surface area contributed by atoms with Gasteiger partial charge in [0.1, 0.15) is 6.33 Å². The lowest BCUT2D eigenvalue weighted by molar-refractivity contribution is -0.387. The number of aryl methyl sites for hydroxylation is 1. The normalized spacial score (nSPS) is 10.8. The van der Waals surface area contributed by atoms with Gasteiger partial charge in [-0.25, -0.2) is 9.97 Å². The molecule has 4 aromatic rings. The standard InChI is InChI=1S/C20H14ClN5O2S/c1-12-7-8-14(21)10-15(12)25-19-18(26(27)28)20(24-11-23-19)29-16-6-2-4-13-5-3-9-22-17(13)16/h2-11H,1H3,(H,23,24,25). The first-order chi connectivity index (χ1) is 14.0. The van der Waals surface area contributed by atoms with Gasteiger partial charge in [-0.1, -0.05) is 47.6 Å². The van der Waals surface area contributed by atoms with Gasteiger partial charge < -0.3 is 5.32 Å². The summed E-state index contributed by atoms with van der Waals surface area (Å²) in [5.41, 5.74) is 2.08. The van der Waals surface area contributed by atoms with Crippen molar-refractivity contribution in [2.75, 3.05) is 5.32 Å². The molecule has 4 rings (SSSR count). The van der Waals surface area contributed by atoms with E-state index >= 15 is 0 Å². The fourth-order valence-electron chi connectivity index (χ4n) is 2.81. The van der Waals surface area contributed by atoms with Crippen molar-refractivity contribution in [3.8, 4) is 0 Å². The highest BCUT2D eigenvalue weighted by atomic mass is 35.5. The summed E-state index contributed by atoms with van der Waals surface area (Å²) in [4.78, 5) is 24.8. The second kappa shape index (κ2) is 8.02. The van der Waals surface area contributed by atoms with Crippen LogP contribution >= 0.6 is 23.4 Å². The molecule has 0 aliphatic rings. The predicted octanol–water partition coefficient (Wildman–Crippen LogP) is 5.79. The number of rotatable bonds is 5. The van der Waals surface area contributed by atoms with E-state index in [2.05, 4.69) is 20.3 Å². The molecular weight excluding hydrogens is 410 g/mol. The maximum absolute atomic E-state index is 11.9. The van der Waals surface area contributed by atoms with E-state index in [1.54, 1.807) is 18.3 Å². The third-order valence-corrected chi connectivity index (χ3v) is 5.50. The minimum atomic E-state index is -0.483. The number of hydrogen-bond acceptors (Lipinski definition) is 7. The Kier molecular flexibility index (Phi) is 5.28. The molecule has 0 amide bonds. The Morgan fingerprint density at radius 1 is 1.10 bits per heavy atom. The summed E-state index contributed by atoms with van der Waals surface area (Å²) in [5, 5.41) is 16.6. The third kappa shape index (κ3) is 3.98. The molecule has 0 saturated carbocycles. The number of benzene rings is 2. The zero-order valence-corrected chi connectivity index (χ0v) is 16.7. The number of hydrogen-bond donors (Lipinski definition) is 1. The number of nitro groups is 1. The molecule has 0 aliphatic carbocycles. The number of fused-ring (bicyclic) bond motifs is 1. The van der Waals surface area contributed by atoms with Crippen LogP contribution in [0.4, 0.5) is 17.2 Å². The van der Waals surface area contributed by atoms with Crippen LogP contribution in [0.1, 0.15) is 5.56 Å². The molecule has 144 valence electrons. The lowest BCUT2D eigenvalue weighted by atomic mass is 10.2. The molecule has 0 bridgehead atoms. The van der Waals surface area contributed by atoms with Crippen molar-refractivity contribution in [1.82, 2.24) is 15.0 Å². The van der Waals surface area contributed by atoms with Gasteiger partial charge >= 0.3 is 5.69 Å². The average Bonchev–Trinajstić information content (AvgIpc) is 2.71. The van der Waals surface area contributed by atoms with Crippen LogP contribution in [0.3, 0.4) is 0 Å². The van der Waals surface area contributed by atoms with Gasteiger partial charge in [-0.2, -0.15) is 0 Å². The Labute approximate surface area is 175 Å². The minimum Gasteiger partial charge on any atom is -0.334 e. The summed E-state index contributed by atoms with van der Waals surface area (Å²) < 4.78 is 0. The first-order valence-corrected chi connectivity index (χ1v) is 9.76. The van der Waals surface area contributed by atoms with Crippen molar-refractivity contribution < 1.29 is 4.92 Å². The van der Waals surface area contributed by atoms with Crippen LogP contribution < -0.4 is 5.32 Å². The fourth-order valence-corrected chi connectivity index (χ4v) is 3.97. The van der Waals surface area contributed by atoms with Gasteiger partial charge in [-0.3, -0.25) is 15.1 Å². The summed E-state index contributed by atoms with van der Waals surface area (Å²) in [7, 11) is 0. The molecule has 29 heavy (non-hydrogen) atoms. The topological polar surface area (TPSA) is 93.8 Å². The van der Waals surface area contributed by atoms with E-state index in [-0.39, 0.29) is 16.5 Å². The highest BCUT2D eigenvalue weighted by Crippen LogP contribution is 2.39. The highest BCUT2D eigenvalue weighted by molar-refractivity contribution is 7.99. The number of anilines is 2. The first-order valence-electron chi connectivity index (χ1n) is 8.57. The van der Waals surface area contributed by atoms with Crippen molar-refractivity contribution in [1.29, 1.82) is 0 Å². The third-order valence-electron chi connectivity index (χ3n) is 4.23. The van der Waals surface area contributed by atoms with Crippen LogP contribution in [0.2, 0.25) is 5.02 Å². The SMILES string of the molecule is Cc1ccc(Cl)cc1Nc1ncnc(Sc2cccc3cccnc23)c1[N+](=O)[O-]. The molecule has 2 heterocycles. The maximum atomic E-state index is 11.9. The molecule has 2 aromatic heterocycles. The first kappa shape index (κ1) is 19.1. The average molecular weight is 424 g/mol. The smallest absolute Gasteiger partial charge is 0.334 e. The van der Waals surface area contributed by atoms with Gasteiger partial charge in [0, 0.05) is 27.2 Å². The zero-order chi connectivity index (χ0) is 20.4. The lowest BCUT2D eigenvalue weighted by Gasteiger charge is -2.11. The fraction of sp³-hybridized carbons (Fsp3) is 0.0500. The van der Waals surface area contributed by atoms with Gasteiger partial charge in [-0.15, -0.1) is 0 Å². The number of pyridine rings is 1. The van der Waals surface area contributed by atoms with E-state index in [4.69, 9.17) is 11.6 Å². The molecule has 0 aliphatic heterocycles. The van der Waals surface area contributed by atoms with E-state index in [0.717, 1.165) is 21.4 Å². The molecule has 7 nitrogen and oxygen atoms in total. The Morgan fingerprint density at radius 2 is 1.93 bits per heavy atom. The molecule has 2 aromatic carbocycles. The monoisotopic (exact) mass is 423 g/mol. The number of nitrogens with zero attached hydrogens (tertiary/aromatic N) is 4. The Morgan fingerprint density at radius 3 is 2.76 bits per heavy atom. The van der Waals surface area contributed by atoms with Crippen molar-refractivity contribution in [3.63, 3.8) is 0 Å². The Balaban J connectivity index is 1.77. The number of halogens is 1.